The lowest BCUT2D eigenvalue weighted by atomic mass is 10.1. The number of hydrogen-bond acceptors (Lipinski definition) is 2. The first-order valence-corrected chi connectivity index (χ1v) is 5.27. The van der Waals surface area contributed by atoms with Gasteiger partial charge in [-0.05, 0) is 26.0 Å². The van der Waals surface area contributed by atoms with Gasteiger partial charge in [-0.3, -0.25) is 5.10 Å². The lowest BCUT2D eigenvalue weighted by Gasteiger charge is -2.01. The summed E-state index contributed by atoms with van der Waals surface area (Å²) in [6.45, 7) is 4.78. The van der Waals surface area contributed by atoms with Crippen LogP contribution in [0.5, 0.6) is 0 Å². The van der Waals surface area contributed by atoms with Crippen LogP contribution in [0, 0.1) is 12.7 Å². The molecule has 4 heteroatoms. The molecular formula is C12H14FN3. The predicted molar refractivity (Wildman–Crippen MR) is 62.9 cm³/mol. The number of anilines is 1. The van der Waals surface area contributed by atoms with Crippen molar-refractivity contribution in [2.24, 2.45) is 0 Å². The van der Waals surface area contributed by atoms with Crippen LogP contribution in [-0.4, -0.2) is 16.7 Å². The Labute approximate surface area is 93.7 Å². The van der Waals surface area contributed by atoms with Crippen molar-refractivity contribution in [3.05, 3.63) is 35.6 Å². The van der Waals surface area contributed by atoms with Crippen molar-refractivity contribution in [3.63, 3.8) is 0 Å². The second-order valence-corrected chi connectivity index (χ2v) is 3.61. The van der Waals surface area contributed by atoms with Gasteiger partial charge in [-0.1, -0.05) is 12.1 Å². The molecule has 3 nitrogen and oxygen atoms in total. The number of aromatic amines is 1. The van der Waals surface area contributed by atoms with Gasteiger partial charge < -0.3 is 5.32 Å². The average Bonchev–Trinajstić information content (AvgIpc) is 2.61. The second kappa shape index (κ2) is 4.35. The van der Waals surface area contributed by atoms with Crippen molar-refractivity contribution < 1.29 is 4.39 Å². The molecule has 16 heavy (non-hydrogen) atoms. The summed E-state index contributed by atoms with van der Waals surface area (Å²) >= 11 is 0. The largest absolute Gasteiger partial charge is 0.369 e. The zero-order valence-electron chi connectivity index (χ0n) is 9.34. The molecule has 84 valence electrons. The maximum absolute atomic E-state index is 13.1. The third-order valence-corrected chi connectivity index (χ3v) is 2.47. The molecule has 2 aromatic rings. The summed E-state index contributed by atoms with van der Waals surface area (Å²) < 4.78 is 13.1. The summed E-state index contributed by atoms with van der Waals surface area (Å²) in [6.07, 6.45) is 0. The Hall–Kier alpha value is -1.84. The molecule has 1 aromatic carbocycles. The number of halogens is 1. The predicted octanol–water partition coefficient (Wildman–Crippen LogP) is 2.96. The smallest absolute Gasteiger partial charge is 0.151 e. The van der Waals surface area contributed by atoms with E-state index in [1.165, 1.54) is 12.1 Å². The normalized spacial score (nSPS) is 10.4. The molecule has 2 N–H and O–H groups in total. The van der Waals surface area contributed by atoms with E-state index in [9.17, 15) is 4.39 Å². The molecule has 1 aromatic heterocycles. The van der Waals surface area contributed by atoms with Gasteiger partial charge in [0.15, 0.2) is 5.82 Å². The molecule has 0 radical (unpaired) electrons. The van der Waals surface area contributed by atoms with E-state index in [4.69, 9.17) is 0 Å². The SMILES string of the molecule is CCNc1n[nH]c(-c2cccc(F)c2)c1C. The third-order valence-electron chi connectivity index (χ3n) is 2.47. The van der Waals surface area contributed by atoms with Gasteiger partial charge >= 0.3 is 0 Å². The minimum Gasteiger partial charge on any atom is -0.369 e. The van der Waals surface area contributed by atoms with Crippen LogP contribution in [0.4, 0.5) is 10.2 Å². The highest BCUT2D eigenvalue weighted by molar-refractivity contribution is 5.68. The van der Waals surface area contributed by atoms with Gasteiger partial charge in [0, 0.05) is 17.7 Å². The summed E-state index contributed by atoms with van der Waals surface area (Å²) in [5.74, 6) is 0.582. The fourth-order valence-electron chi connectivity index (χ4n) is 1.66. The van der Waals surface area contributed by atoms with Crippen molar-refractivity contribution in [1.82, 2.24) is 10.2 Å². The highest BCUT2D eigenvalue weighted by Gasteiger charge is 2.10. The van der Waals surface area contributed by atoms with Crippen LogP contribution in [0.25, 0.3) is 11.3 Å². The summed E-state index contributed by atoms with van der Waals surface area (Å²) in [6, 6.07) is 6.48. The van der Waals surface area contributed by atoms with Gasteiger partial charge in [-0.2, -0.15) is 5.10 Å². The number of nitrogens with zero attached hydrogens (tertiary/aromatic N) is 1. The van der Waals surface area contributed by atoms with Crippen LogP contribution < -0.4 is 5.32 Å². The lowest BCUT2D eigenvalue weighted by Crippen LogP contribution is -1.97. The Balaban J connectivity index is 2.41. The van der Waals surface area contributed by atoms with Crippen molar-refractivity contribution >= 4 is 5.82 Å². The van der Waals surface area contributed by atoms with Gasteiger partial charge in [0.1, 0.15) is 5.82 Å². The topological polar surface area (TPSA) is 40.7 Å². The molecule has 0 spiro atoms. The van der Waals surface area contributed by atoms with Gasteiger partial charge in [0.2, 0.25) is 0 Å². The molecule has 0 saturated carbocycles. The quantitative estimate of drug-likeness (QED) is 0.833. The lowest BCUT2D eigenvalue weighted by molar-refractivity contribution is 0.628. The Morgan fingerprint density at radius 3 is 2.94 bits per heavy atom. The maximum Gasteiger partial charge on any atom is 0.151 e. The van der Waals surface area contributed by atoms with Gasteiger partial charge in [-0.25, -0.2) is 4.39 Å². The number of aromatic nitrogens is 2. The number of rotatable bonds is 3. The van der Waals surface area contributed by atoms with E-state index in [-0.39, 0.29) is 5.82 Å². The Bertz CT molecular complexity index is 491. The van der Waals surface area contributed by atoms with E-state index < -0.39 is 0 Å². The van der Waals surface area contributed by atoms with Crippen molar-refractivity contribution in [3.8, 4) is 11.3 Å². The minimum absolute atomic E-state index is 0.239. The van der Waals surface area contributed by atoms with E-state index in [0.717, 1.165) is 29.2 Å². The fourth-order valence-corrected chi connectivity index (χ4v) is 1.66. The number of benzene rings is 1. The molecule has 0 aliphatic rings. The van der Waals surface area contributed by atoms with Gasteiger partial charge in [-0.15, -0.1) is 0 Å². The molecule has 0 amide bonds. The standard InChI is InChI=1S/C12H14FN3/c1-3-14-12-8(2)11(15-16-12)9-5-4-6-10(13)7-9/h4-7H,3H2,1-2H3,(H2,14,15,16). The van der Waals surface area contributed by atoms with Crippen LogP contribution in [-0.2, 0) is 0 Å². The van der Waals surface area contributed by atoms with E-state index >= 15 is 0 Å². The summed E-state index contributed by atoms with van der Waals surface area (Å²) in [7, 11) is 0. The molecule has 2 rings (SSSR count). The Morgan fingerprint density at radius 1 is 1.44 bits per heavy atom. The highest BCUT2D eigenvalue weighted by atomic mass is 19.1. The first-order valence-electron chi connectivity index (χ1n) is 5.27. The zero-order chi connectivity index (χ0) is 11.5. The number of nitrogens with one attached hydrogen (secondary N) is 2. The van der Waals surface area contributed by atoms with Gasteiger partial charge in [0.05, 0.1) is 5.69 Å². The van der Waals surface area contributed by atoms with Gasteiger partial charge in [0.25, 0.3) is 0 Å². The van der Waals surface area contributed by atoms with Crippen LogP contribution in [0.1, 0.15) is 12.5 Å². The highest BCUT2D eigenvalue weighted by Crippen LogP contribution is 2.25. The van der Waals surface area contributed by atoms with Crippen molar-refractivity contribution in [1.29, 1.82) is 0 Å². The van der Waals surface area contributed by atoms with E-state index in [1.54, 1.807) is 6.07 Å². The average molecular weight is 219 g/mol. The van der Waals surface area contributed by atoms with E-state index in [0.29, 0.717) is 0 Å². The van der Waals surface area contributed by atoms with Crippen molar-refractivity contribution in [2.75, 3.05) is 11.9 Å². The summed E-state index contributed by atoms with van der Waals surface area (Å²) in [5.41, 5.74) is 2.68. The van der Waals surface area contributed by atoms with E-state index in [1.807, 2.05) is 19.9 Å². The number of hydrogen-bond donors (Lipinski definition) is 2. The molecule has 0 atom stereocenters. The second-order valence-electron chi connectivity index (χ2n) is 3.61. The monoisotopic (exact) mass is 219 g/mol. The molecule has 0 bridgehead atoms. The molecule has 0 aliphatic heterocycles. The van der Waals surface area contributed by atoms with Crippen LogP contribution >= 0.6 is 0 Å². The molecule has 0 fully saturated rings. The Kier molecular flexibility index (Phi) is 2.90. The van der Waals surface area contributed by atoms with Crippen LogP contribution in [0.2, 0.25) is 0 Å². The summed E-state index contributed by atoms with van der Waals surface area (Å²) in [5, 5.41) is 10.2. The summed E-state index contributed by atoms with van der Waals surface area (Å²) in [4.78, 5) is 0. The first kappa shape index (κ1) is 10.7. The van der Waals surface area contributed by atoms with Crippen LogP contribution in [0.15, 0.2) is 24.3 Å². The third kappa shape index (κ3) is 1.91. The molecule has 0 unspecified atom stereocenters. The minimum atomic E-state index is -0.239. The zero-order valence-corrected chi connectivity index (χ0v) is 9.34. The van der Waals surface area contributed by atoms with E-state index in [2.05, 4.69) is 15.5 Å². The molecule has 1 heterocycles. The first-order chi connectivity index (χ1) is 7.72. The van der Waals surface area contributed by atoms with Crippen LogP contribution in [0.3, 0.4) is 0 Å². The Morgan fingerprint density at radius 2 is 2.25 bits per heavy atom. The van der Waals surface area contributed by atoms with Crippen molar-refractivity contribution in [2.45, 2.75) is 13.8 Å². The number of H-pyrrole nitrogens is 1. The molecular weight excluding hydrogens is 205 g/mol. The molecule has 0 saturated heterocycles. The fraction of sp³-hybridized carbons (Fsp3) is 0.250. The molecule has 0 aliphatic carbocycles. The maximum atomic E-state index is 13.1.